The first kappa shape index (κ1) is 20.4. The fourth-order valence-corrected chi connectivity index (χ4v) is 7.88. The van der Waals surface area contributed by atoms with Crippen LogP contribution >= 0.6 is 0 Å². The van der Waals surface area contributed by atoms with Crippen LogP contribution in [0.3, 0.4) is 0 Å². The van der Waals surface area contributed by atoms with Crippen LogP contribution in [0.4, 0.5) is 0 Å². The van der Waals surface area contributed by atoms with Crippen molar-refractivity contribution in [3.05, 3.63) is 12.2 Å². The van der Waals surface area contributed by atoms with Crippen molar-refractivity contribution in [2.45, 2.75) is 88.9 Å². The van der Waals surface area contributed by atoms with Gasteiger partial charge in [-0.15, -0.1) is 0 Å². The first-order valence-corrected chi connectivity index (χ1v) is 11.4. The maximum absolute atomic E-state index is 13.0. The summed E-state index contributed by atoms with van der Waals surface area (Å²) in [6.45, 7) is 4.51. The van der Waals surface area contributed by atoms with Crippen LogP contribution in [-0.4, -0.2) is 56.5 Å². The number of rotatable bonds is 4. The van der Waals surface area contributed by atoms with E-state index in [1.54, 1.807) is 6.08 Å². The molecule has 4 rings (SSSR count). The van der Waals surface area contributed by atoms with Gasteiger partial charge >= 0.3 is 5.97 Å². The summed E-state index contributed by atoms with van der Waals surface area (Å²) in [6, 6.07) is 0.463. The molecule has 0 bridgehead atoms. The Bertz CT molecular complexity index is 612. The Labute approximate surface area is 168 Å². The second-order valence-corrected chi connectivity index (χ2v) is 10.1. The summed E-state index contributed by atoms with van der Waals surface area (Å²) in [7, 11) is 0. The zero-order chi connectivity index (χ0) is 20.1. The van der Waals surface area contributed by atoms with E-state index in [2.05, 4.69) is 18.7 Å². The van der Waals surface area contributed by atoms with E-state index in [1.165, 1.54) is 6.42 Å². The number of carboxylic acids is 1. The molecule has 28 heavy (non-hydrogen) atoms. The molecule has 2 aliphatic carbocycles. The Hall–Kier alpha value is -0.910. The fourth-order valence-electron chi connectivity index (χ4n) is 7.88. The minimum absolute atomic E-state index is 0.0100. The van der Waals surface area contributed by atoms with Gasteiger partial charge in [0, 0.05) is 18.0 Å². The molecule has 0 spiro atoms. The molecule has 0 aromatic carbocycles. The van der Waals surface area contributed by atoms with E-state index >= 15 is 0 Å². The molecule has 2 saturated carbocycles. The van der Waals surface area contributed by atoms with Crippen molar-refractivity contribution in [1.29, 1.82) is 0 Å². The Morgan fingerprint density at radius 1 is 1.14 bits per heavy atom. The van der Waals surface area contributed by atoms with Gasteiger partial charge in [0.1, 0.15) is 5.54 Å². The standard InChI is InChI=1S/C23H37NO4/c1-14-6-3-7-15(2)21(14)23(22(27)28)10-4-8-16-12-18-17(9-5-11-25)20(26)13-19(18)24(16)23/h5,9,14-21,25-26H,3-4,6-8,10-13H2,1-2H3,(H,27,28)/t14?,15?,16?,17-,18-,19-,20-,21?,23?/m1/s1. The molecule has 5 heteroatoms. The summed E-state index contributed by atoms with van der Waals surface area (Å²) in [5.41, 5.74) is -0.781. The quantitative estimate of drug-likeness (QED) is 0.642. The normalized spacial score (nSPS) is 49.3. The van der Waals surface area contributed by atoms with Crippen molar-refractivity contribution in [1.82, 2.24) is 4.90 Å². The number of fused-ring (bicyclic) bond motifs is 3. The molecule has 0 radical (unpaired) electrons. The molecule has 8 atom stereocenters. The van der Waals surface area contributed by atoms with Crippen LogP contribution < -0.4 is 0 Å². The molecular formula is C23H37NO4. The lowest BCUT2D eigenvalue weighted by Gasteiger charge is -2.56. The SMILES string of the molecule is CC1CCCC(C)C1C1(C(=O)O)CCCC2C[C@@H]3[C@@H](C=CCO)[C@H](O)C[C@H]3N21. The van der Waals surface area contributed by atoms with Crippen LogP contribution in [0.25, 0.3) is 0 Å². The van der Waals surface area contributed by atoms with Crippen LogP contribution in [0.15, 0.2) is 12.2 Å². The molecular weight excluding hydrogens is 354 g/mol. The molecule has 158 valence electrons. The van der Waals surface area contributed by atoms with E-state index in [4.69, 9.17) is 0 Å². The number of carboxylic acid groups (broad SMARTS) is 1. The van der Waals surface area contributed by atoms with Crippen molar-refractivity contribution >= 4 is 5.97 Å². The lowest BCUT2D eigenvalue weighted by Crippen LogP contribution is -2.67. The Kier molecular flexibility index (Phi) is 5.62. The fraction of sp³-hybridized carbons (Fsp3) is 0.870. The van der Waals surface area contributed by atoms with Gasteiger partial charge in [-0.3, -0.25) is 9.69 Å². The summed E-state index contributed by atoms with van der Waals surface area (Å²) in [5.74, 6) is 0.740. The molecule has 2 saturated heterocycles. The van der Waals surface area contributed by atoms with Gasteiger partial charge in [-0.05, 0) is 55.8 Å². The molecule has 4 fully saturated rings. The van der Waals surface area contributed by atoms with Crippen LogP contribution in [-0.2, 0) is 4.79 Å². The summed E-state index contributed by atoms with van der Waals surface area (Å²) in [6.07, 6.45) is 11.2. The molecule has 0 aromatic rings. The highest BCUT2D eigenvalue weighted by molar-refractivity contribution is 5.80. The second-order valence-electron chi connectivity index (χ2n) is 10.1. The first-order chi connectivity index (χ1) is 13.4. The van der Waals surface area contributed by atoms with E-state index in [0.29, 0.717) is 30.2 Å². The smallest absolute Gasteiger partial charge is 0.324 e. The maximum atomic E-state index is 13.0. The van der Waals surface area contributed by atoms with Crippen molar-refractivity contribution in [3.63, 3.8) is 0 Å². The minimum Gasteiger partial charge on any atom is -0.480 e. The minimum atomic E-state index is -0.781. The number of hydrogen-bond acceptors (Lipinski definition) is 4. The third-order valence-electron chi connectivity index (χ3n) is 8.70. The maximum Gasteiger partial charge on any atom is 0.324 e. The Morgan fingerprint density at radius 2 is 1.86 bits per heavy atom. The van der Waals surface area contributed by atoms with Gasteiger partial charge in [-0.1, -0.05) is 45.3 Å². The zero-order valence-corrected chi connectivity index (χ0v) is 17.3. The number of piperidine rings is 1. The van der Waals surface area contributed by atoms with E-state index in [0.717, 1.165) is 38.5 Å². The lowest BCUT2D eigenvalue weighted by atomic mass is 9.60. The number of hydrogen-bond donors (Lipinski definition) is 3. The third kappa shape index (κ3) is 2.96. The van der Waals surface area contributed by atoms with Crippen molar-refractivity contribution < 1.29 is 20.1 Å². The third-order valence-corrected chi connectivity index (χ3v) is 8.70. The van der Waals surface area contributed by atoms with Gasteiger partial charge in [-0.2, -0.15) is 0 Å². The molecule has 4 aliphatic rings. The van der Waals surface area contributed by atoms with E-state index in [1.807, 2.05) is 6.08 Å². The van der Waals surface area contributed by atoms with Gasteiger partial charge in [0.25, 0.3) is 0 Å². The Morgan fingerprint density at radius 3 is 2.50 bits per heavy atom. The molecule has 5 nitrogen and oxygen atoms in total. The predicted molar refractivity (Wildman–Crippen MR) is 108 cm³/mol. The van der Waals surface area contributed by atoms with Crippen LogP contribution in [0.5, 0.6) is 0 Å². The van der Waals surface area contributed by atoms with Crippen molar-refractivity contribution in [2.24, 2.45) is 29.6 Å². The predicted octanol–water partition coefficient (Wildman–Crippen LogP) is 3.05. The van der Waals surface area contributed by atoms with Crippen molar-refractivity contribution in [2.75, 3.05) is 6.61 Å². The van der Waals surface area contributed by atoms with Crippen LogP contribution in [0, 0.1) is 29.6 Å². The number of aliphatic carboxylic acids is 1. The van der Waals surface area contributed by atoms with E-state index in [9.17, 15) is 20.1 Å². The van der Waals surface area contributed by atoms with Crippen molar-refractivity contribution in [3.8, 4) is 0 Å². The van der Waals surface area contributed by atoms with Gasteiger partial charge in [0.2, 0.25) is 0 Å². The highest BCUT2D eigenvalue weighted by atomic mass is 16.4. The number of aliphatic hydroxyl groups excluding tert-OH is 2. The summed E-state index contributed by atoms with van der Waals surface area (Å²) < 4.78 is 0. The molecule has 3 N–H and O–H groups in total. The Balaban J connectivity index is 1.73. The van der Waals surface area contributed by atoms with E-state index in [-0.39, 0.29) is 24.5 Å². The molecule has 2 aliphatic heterocycles. The number of aliphatic hydroxyl groups is 2. The zero-order valence-electron chi connectivity index (χ0n) is 17.3. The number of carbonyl (C=O) groups is 1. The van der Waals surface area contributed by atoms with Gasteiger partial charge in [0.15, 0.2) is 0 Å². The largest absolute Gasteiger partial charge is 0.480 e. The molecule has 0 aromatic heterocycles. The summed E-state index contributed by atoms with van der Waals surface area (Å²) in [4.78, 5) is 15.4. The molecule has 2 heterocycles. The highest BCUT2D eigenvalue weighted by Gasteiger charge is 2.64. The summed E-state index contributed by atoms with van der Waals surface area (Å²) in [5, 5.41) is 30.6. The monoisotopic (exact) mass is 391 g/mol. The van der Waals surface area contributed by atoms with E-state index < -0.39 is 17.6 Å². The second kappa shape index (κ2) is 7.73. The lowest BCUT2D eigenvalue weighted by molar-refractivity contribution is -0.172. The van der Waals surface area contributed by atoms with Gasteiger partial charge in [-0.25, -0.2) is 0 Å². The molecule has 0 amide bonds. The molecule has 4 unspecified atom stereocenters. The highest BCUT2D eigenvalue weighted by Crippen LogP contribution is 2.57. The van der Waals surface area contributed by atoms with Gasteiger partial charge in [0.05, 0.1) is 12.7 Å². The summed E-state index contributed by atoms with van der Waals surface area (Å²) >= 11 is 0. The average molecular weight is 392 g/mol. The topological polar surface area (TPSA) is 81.0 Å². The average Bonchev–Trinajstić information content (AvgIpc) is 3.14. The van der Waals surface area contributed by atoms with Crippen LogP contribution in [0.1, 0.15) is 65.2 Å². The van der Waals surface area contributed by atoms with Gasteiger partial charge < -0.3 is 15.3 Å². The number of nitrogens with zero attached hydrogens (tertiary/aromatic N) is 1. The first-order valence-electron chi connectivity index (χ1n) is 11.4. The van der Waals surface area contributed by atoms with Crippen LogP contribution in [0.2, 0.25) is 0 Å².